The van der Waals surface area contributed by atoms with Crippen LogP contribution in [0.15, 0.2) is 48.4 Å². The third-order valence-corrected chi connectivity index (χ3v) is 5.01. The molecule has 0 saturated carbocycles. The van der Waals surface area contributed by atoms with E-state index in [1.165, 1.54) is 11.2 Å². The Morgan fingerprint density at radius 2 is 1.96 bits per heavy atom. The SMILES string of the molecule is C=C(CS(C)(=O)=O)C1=CC(=C)N(C(=O)N2CCC(C)CC2)C=C1. The summed E-state index contributed by atoms with van der Waals surface area (Å²) in [6.45, 7) is 11.4. The van der Waals surface area contributed by atoms with Gasteiger partial charge < -0.3 is 4.90 Å². The lowest BCUT2D eigenvalue weighted by Gasteiger charge is -2.34. The summed E-state index contributed by atoms with van der Waals surface area (Å²) in [6, 6.07) is -0.0813. The van der Waals surface area contributed by atoms with Gasteiger partial charge in [0.1, 0.15) is 0 Å². The number of piperidine rings is 1. The minimum absolute atomic E-state index is 0.0813. The van der Waals surface area contributed by atoms with Crippen molar-refractivity contribution < 1.29 is 13.2 Å². The number of urea groups is 1. The molecule has 126 valence electrons. The van der Waals surface area contributed by atoms with Crippen LogP contribution in [0.1, 0.15) is 19.8 Å². The van der Waals surface area contributed by atoms with E-state index in [4.69, 9.17) is 0 Å². The van der Waals surface area contributed by atoms with Gasteiger partial charge in [0.05, 0.1) is 5.75 Å². The number of rotatable bonds is 3. The molecule has 1 saturated heterocycles. The lowest BCUT2D eigenvalue weighted by Crippen LogP contribution is -2.44. The predicted molar refractivity (Wildman–Crippen MR) is 92.4 cm³/mol. The minimum atomic E-state index is -3.14. The van der Waals surface area contributed by atoms with Crippen molar-refractivity contribution in [1.82, 2.24) is 9.80 Å². The maximum absolute atomic E-state index is 12.6. The first-order valence-electron chi connectivity index (χ1n) is 7.70. The van der Waals surface area contributed by atoms with Crippen LogP contribution in [0, 0.1) is 5.92 Å². The summed E-state index contributed by atoms with van der Waals surface area (Å²) in [5, 5.41) is 0. The molecule has 0 aromatic carbocycles. The topological polar surface area (TPSA) is 57.7 Å². The van der Waals surface area contributed by atoms with Crippen molar-refractivity contribution in [3.8, 4) is 0 Å². The summed E-state index contributed by atoms with van der Waals surface area (Å²) in [5.41, 5.74) is 1.72. The first kappa shape index (κ1) is 17.5. The monoisotopic (exact) mass is 336 g/mol. The number of sulfone groups is 1. The minimum Gasteiger partial charge on any atom is -0.324 e. The molecule has 0 spiro atoms. The zero-order valence-corrected chi connectivity index (χ0v) is 14.6. The molecule has 0 aromatic heterocycles. The van der Waals surface area contributed by atoms with Crippen molar-refractivity contribution in [1.29, 1.82) is 0 Å². The highest BCUT2D eigenvalue weighted by Gasteiger charge is 2.26. The van der Waals surface area contributed by atoms with Crippen LogP contribution < -0.4 is 0 Å². The fraction of sp³-hybridized carbons (Fsp3) is 0.471. The number of hydrogen-bond acceptors (Lipinski definition) is 3. The summed E-state index contributed by atoms with van der Waals surface area (Å²) in [4.78, 5) is 15.9. The zero-order valence-electron chi connectivity index (χ0n) is 13.8. The van der Waals surface area contributed by atoms with Crippen LogP contribution in [-0.4, -0.2) is 49.3 Å². The summed E-state index contributed by atoms with van der Waals surface area (Å²) in [5.74, 6) is 0.555. The molecule has 2 rings (SSSR count). The average Bonchev–Trinajstić information content (AvgIpc) is 2.45. The van der Waals surface area contributed by atoms with Crippen LogP contribution in [-0.2, 0) is 9.84 Å². The second-order valence-electron chi connectivity index (χ2n) is 6.40. The molecule has 0 aliphatic carbocycles. The fourth-order valence-corrected chi connectivity index (χ4v) is 3.51. The lowest BCUT2D eigenvalue weighted by molar-refractivity contribution is 0.157. The summed E-state index contributed by atoms with van der Waals surface area (Å²) >= 11 is 0. The van der Waals surface area contributed by atoms with E-state index in [0.29, 0.717) is 22.8 Å². The molecule has 1 fully saturated rings. The number of nitrogens with zero attached hydrogens (tertiary/aromatic N) is 2. The Hall–Kier alpha value is -1.82. The van der Waals surface area contributed by atoms with Crippen molar-refractivity contribution >= 4 is 15.9 Å². The van der Waals surface area contributed by atoms with Gasteiger partial charge in [0.25, 0.3) is 0 Å². The maximum Gasteiger partial charge on any atom is 0.328 e. The van der Waals surface area contributed by atoms with Crippen LogP contribution >= 0.6 is 0 Å². The van der Waals surface area contributed by atoms with Crippen LogP contribution in [0.25, 0.3) is 0 Å². The molecule has 5 nitrogen and oxygen atoms in total. The molecule has 2 amide bonds. The third-order valence-electron chi connectivity index (χ3n) is 4.14. The Morgan fingerprint density at radius 3 is 2.48 bits per heavy atom. The predicted octanol–water partition coefficient (Wildman–Crippen LogP) is 2.71. The van der Waals surface area contributed by atoms with Crippen molar-refractivity contribution in [3.63, 3.8) is 0 Å². The normalized spacial score (nSPS) is 19.7. The van der Waals surface area contributed by atoms with Gasteiger partial charge in [-0.05, 0) is 42.1 Å². The first-order valence-corrected chi connectivity index (χ1v) is 9.76. The zero-order chi connectivity index (χ0) is 17.2. The van der Waals surface area contributed by atoms with Gasteiger partial charge >= 0.3 is 6.03 Å². The fourth-order valence-electron chi connectivity index (χ4n) is 2.71. The van der Waals surface area contributed by atoms with Gasteiger partial charge in [0.2, 0.25) is 0 Å². The van der Waals surface area contributed by atoms with Gasteiger partial charge in [-0.25, -0.2) is 13.2 Å². The number of hydrogen-bond donors (Lipinski definition) is 0. The van der Waals surface area contributed by atoms with Gasteiger partial charge in [0, 0.05) is 31.2 Å². The highest BCUT2D eigenvalue weighted by molar-refractivity contribution is 7.90. The Kier molecular flexibility index (Phi) is 5.14. The van der Waals surface area contributed by atoms with Gasteiger partial charge in [0.15, 0.2) is 9.84 Å². The largest absolute Gasteiger partial charge is 0.328 e. The maximum atomic E-state index is 12.6. The second-order valence-corrected chi connectivity index (χ2v) is 8.54. The molecule has 0 radical (unpaired) electrons. The number of allylic oxidation sites excluding steroid dienone is 3. The molecule has 0 bridgehead atoms. The second kappa shape index (κ2) is 6.74. The van der Waals surface area contributed by atoms with Gasteiger partial charge in [-0.1, -0.05) is 20.1 Å². The van der Waals surface area contributed by atoms with E-state index in [1.54, 1.807) is 18.4 Å². The molecule has 23 heavy (non-hydrogen) atoms. The Labute approximate surface area is 138 Å². The smallest absolute Gasteiger partial charge is 0.324 e. The third kappa shape index (κ3) is 4.58. The molecular weight excluding hydrogens is 312 g/mol. The van der Waals surface area contributed by atoms with Crippen molar-refractivity contribution in [2.75, 3.05) is 25.1 Å². The quantitative estimate of drug-likeness (QED) is 0.796. The van der Waals surface area contributed by atoms with Crippen molar-refractivity contribution in [2.24, 2.45) is 5.92 Å². The van der Waals surface area contributed by atoms with E-state index < -0.39 is 9.84 Å². The Morgan fingerprint density at radius 1 is 1.35 bits per heavy atom. The first-order chi connectivity index (χ1) is 10.7. The average molecular weight is 336 g/mol. The summed E-state index contributed by atoms with van der Waals surface area (Å²) in [7, 11) is -3.14. The molecule has 2 aliphatic rings. The van der Waals surface area contributed by atoms with E-state index >= 15 is 0 Å². The van der Waals surface area contributed by atoms with Crippen LogP contribution in [0.5, 0.6) is 0 Å². The molecule has 2 heterocycles. The Balaban J connectivity index is 2.04. The van der Waals surface area contributed by atoms with Gasteiger partial charge in [-0.3, -0.25) is 4.90 Å². The Bertz CT molecular complexity index is 681. The van der Waals surface area contributed by atoms with E-state index in [1.807, 2.05) is 4.90 Å². The molecular formula is C17H24N2O3S. The highest BCUT2D eigenvalue weighted by atomic mass is 32.2. The summed E-state index contributed by atoms with van der Waals surface area (Å²) in [6.07, 6.45) is 8.27. The van der Waals surface area contributed by atoms with E-state index in [0.717, 1.165) is 25.9 Å². The lowest BCUT2D eigenvalue weighted by atomic mass is 9.99. The van der Waals surface area contributed by atoms with Crippen LogP contribution in [0.4, 0.5) is 4.79 Å². The molecule has 0 atom stereocenters. The number of likely N-dealkylation sites (tertiary alicyclic amines) is 1. The van der Waals surface area contributed by atoms with Gasteiger partial charge in [-0.15, -0.1) is 0 Å². The standard InChI is InChI=1S/C17H24N2O3S/c1-13-5-8-18(9-6-13)17(20)19-10-7-16(11-15(19)3)14(2)12-23(4,21)22/h7,10-11,13H,2-3,5-6,8-9,12H2,1,4H3. The summed E-state index contributed by atoms with van der Waals surface area (Å²) < 4.78 is 22.7. The molecule has 0 unspecified atom stereocenters. The molecule has 6 heteroatoms. The number of carbonyl (C=O) groups is 1. The van der Waals surface area contributed by atoms with E-state index in [-0.39, 0.29) is 11.8 Å². The van der Waals surface area contributed by atoms with Crippen molar-refractivity contribution in [2.45, 2.75) is 19.8 Å². The van der Waals surface area contributed by atoms with E-state index in [2.05, 4.69) is 20.1 Å². The highest BCUT2D eigenvalue weighted by Crippen LogP contribution is 2.24. The van der Waals surface area contributed by atoms with E-state index in [9.17, 15) is 13.2 Å². The number of amides is 2. The van der Waals surface area contributed by atoms with Crippen LogP contribution in [0.2, 0.25) is 0 Å². The number of carbonyl (C=O) groups excluding carboxylic acids is 1. The van der Waals surface area contributed by atoms with Crippen molar-refractivity contribution in [3.05, 3.63) is 48.4 Å². The molecule has 2 aliphatic heterocycles. The molecule has 0 aromatic rings. The van der Waals surface area contributed by atoms with Gasteiger partial charge in [-0.2, -0.15) is 0 Å². The van der Waals surface area contributed by atoms with Crippen LogP contribution in [0.3, 0.4) is 0 Å². The molecule has 0 N–H and O–H groups in total.